The van der Waals surface area contributed by atoms with Gasteiger partial charge in [-0.25, -0.2) is 8.78 Å². The van der Waals surface area contributed by atoms with Gasteiger partial charge in [0.05, 0.1) is 5.60 Å². The van der Waals surface area contributed by atoms with Gasteiger partial charge in [-0.3, -0.25) is 0 Å². The molecule has 0 aromatic heterocycles. The van der Waals surface area contributed by atoms with E-state index in [4.69, 9.17) is 0 Å². The van der Waals surface area contributed by atoms with Crippen molar-refractivity contribution in [3.8, 4) is 0 Å². The minimum atomic E-state index is -1.19. The van der Waals surface area contributed by atoms with Crippen molar-refractivity contribution < 1.29 is 13.9 Å². The number of rotatable bonds is 3. The van der Waals surface area contributed by atoms with Gasteiger partial charge >= 0.3 is 0 Å². The van der Waals surface area contributed by atoms with Crippen LogP contribution in [0.2, 0.25) is 0 Å². The highest BCUT2D eigenvalue weighted by atomic mass is 19.1. The Morgan fingerprint density at radius 2 is 2.06 bits per heavy atom. The molecular weight excluding hydrogens is 210 g/mol. The molecule has 0 spiro atoms. The molecule has 1 nitrogen and oxygen atoms in total. The molecule has 0 aliphatic heterocycles. The second-order valence-electron chi connectivity index (χ2n) is 4.90. The van der Waals surface area contributed by atoms with Crippen molar-refractivity contribution in [2.75, 3.05) is 0 Å². The molecule has 1 unspecified atom stereocenters. The molecule has 88 valence electrons. The van der Waals surface area contributed by atoms with Crippen LogP contribution in [0.3, 0.4) is 0 Å². The van der Waals surface area contributed by atoms with Crippen molar-refractivity contribution in [2.24, 2.45) is 5.92 Å². The molecular formula is C13H16F2O. The van der Waals surface area contributed by atoms with E-state index in [1.54, 1.807) is 6.92 Å². The van der Waals surface area contributed by atoms with E-state index in [-0.39, 0.29) is 5.56 Å². The quantitative estimate of drug-likeness (QED) is 0.837. The first-order valence-corrected chi connectivity index (χ1v) is 5.67. The van der Waals surface area contributed by atoms with Crippen molar-refractivity contribution in [1.29, 1.82) is 0 Å². The van der Waals surface area contributed by atoms with E-state index in [9.17, 15) is 13.9 Å². The lowest BCUT2D eigenvalue weighted by Crippen LogP contribution is -2.29. The van der Waals surface area contributed by atoms with E-state index in [1.165, 1.54) is 18.6 Å². The zero-order valence-corrected chi connectivity index (χ0v) is 9.34. The van der Waals surface area contributed by atoms with E-state index in [1.807, 2.05) is 0 Å². The van der Waals surface area contributed by atoms with Gasteiger partial charge in [0.25, 0.3) is 0 Å². The Morgan fingerprint density at radius 1 is 1.38 bits per heavy atom. The summed E-state index contributed by atoms with van der Waals surface area (Å²) in [6.45, 7) is 1.60. The molecule has 1 saturated carbocycles. The third-order valence-electron chi connectivity index (χ3n) is 3.42. The maximum absolute atomic E-state index is 13.5. The molecule has 2 rings (SSSR count). The van der Waals surface area contributed by atoms with Gasteiger partial charge in [-0.1, -0.05) is 25.3 Å². The number of hydrogen-bond donors (Lipinski definition) is 1. The van der Waals surface area contributed by atoms with Crippen LogP contribution in [-0.2, 0) is 5.60 Å². The molecule has 0 amide bonds. The van der Waals surface area contributed by atoms with Gasteiger partial charge in [-0.05, 0) is 25.3 Å². The number of benzene rings is 1. The second kappa shape index (κ2) is 4.13. The molecule has 16 heavy (non-hydrogen) atoms. The highest BCUT2D eigenvalue weighted by Crippen LogP contribution is 2.38. The maximum Gasteiger partial charge on any atom is 0.132 e. The molecule has 1 aromatic rings. The highest BCUT2D eigenvalue weighted by molar-refractivity contribution is 5.24. The molecule has 0 bridgehead atoms. The van der Waals surface area contributed by atoms with Gasteiger partial charge in [0, 0.05) is 11.6 Å². The number of halogens is 2. The minimum Gasteiger partial charge on any atom is -0.385 e. The van der Waals surface area contributed by atoms with Crippen LogP contribution in [0, 0.1) is 17.6 Å². The fourth-order valence-electron chi connectivity index (χ4n) is 2.30. The summed E-state index contributed by atoms with van der Waals surface area (Å²) in [6, 6.07) is 3.35. The standard InChI is InChI=1S/C13H16F2O/c1-13(16,8-9-3-2-4-9)11-6-5-10(14)7-12(11)15/h5-7,9,16H,2-4,8H2,1H3. The first kappa shape index (κ1) is 11.5. The van der Waals surface area contributed by atoms with Crippen LogP contribution >= 0.6 is 0 Å². The van der Waals surface area contributed by atoms with Crippen LogP contribution in [0.4, 0.5) is 8.78 Å². The average molecular weight is 226 g/mol. The van der Waals surface area contributed by atoms with Crippen molar-refractivity contribution in [1.82, 2.24) is 0 Å². The third-order valence-corrected chi connectivity index (χ3v) is 3.42. The fraction of sp³-hybridized carbons (Fsp3) is 0.538. The van der Waals surface area contributed by atoms with E-state index in [0.29, 0.717) is 12.3 Å². The van der Waals surface area contributed by atoms with Gasteiger partial charge in [-0.2, -0.15) is 0 Å². The predicted octanol–water partition coefficient (Wildman–Crippen LogP) is 3.36. The van der Waals surface area contributed by atoms with Gasteiger partial charge in [-0.15, -0.1) is 0 Å². The van der Waals surface area contributed by atoms with Crippen LogP contribution in [0.5, 0.6) is 0 Å². The van der Waals surface area contributed by atoms with Crippen LogP contribution in [-0.4, -0.2) is 5.11 Å². The first-order chi connectivity index (χ1) is 7.49. The van der Waals surface area contributed by atoms with Crippen LogP contribution < -0.4 is 0 Å². The van der Waals surface area contributed by atoms with Gasteiger partial charge in [0.1, 0.15) is 11.6 Å². The van der Waals surface area contributed by atoms with Gasteiger partial charge in [0.2, 0.25) is 0 Å². The van der Waals surface area contributed by atoms with Crippen molar-refractivity contribution in [2.45, 2.75) is 38.2 Å². The Labute approximate surface area is 94.1 Å². The zero-order chi connectivity index (χ0) is 11.8. The zero-order valence-electron chi connectivity index (χ0n) is 9.34. The lowest BCUT2D eigenvalue weighted by Gasteiger charge is -2.33. The molecule has 0 radical (unpaired) electrons. The SMILES string of the molecule is CC(O)(CC1CCC1)c1ccc(F)cc1F. The van der Waals surface area contributed by atoms with Crippen molar-refractivity contribution in [3.63, 3.8) is 0 Å². The van der Waals surface area contributed by atoms with Gasteiger partial charge < -0.3 is 5.11 Å². The molecule has 0 saturated heterocycles. The fourth-order valence-corrected chi connectivity index (χ4v) is 2.30. The Balaban J connectivity index is 2.19. The molecule has 3 heteroatoms. The molecule has 1 atom stereocenters. The van der Waals surface area contributed by atoms with Gasteiger partial charge in [0.15, 0.2) is 0 Å². The molecule has 1 N–H and O–H groups in total. The molecule has 1 aliphatic carbocycles. The topological polar surface area (TPSA) is 20.2 Å². The van der Waals surface area contributed by atoms with E-state index < -0.39 is 17.2 Å². The summed E-state index contributed by atoms with van der Waals surface area (Å²) in [5, 5.41) is 10.2. The summed E-state index contributed by atoms with van der Waals surface area (Å²) in [4.78, 5) is 0. The largest absolute Gasteiger partial charge is 0.385 e. The van der Waals surface area contributed by atoms with Crippen molar-refractivity contribution in [3.05, 3.63) is 35.4 Å². The highest BCUT2D eigenvalue weighted by Gasteiger charge is 2.32. The summed E-state index contributed by atoms with van der Waals surface area (Å²) in [7, 11) is 0. The molecule has 1 aromatic carbocycles. The molecule has 1 aliphatic rings. The maximum atomic E-state index is 13.5. The average Bonchev–Trinajstić information content (AvgIpc) is 2.11. The Morgan fingerprint density at radius 3 is 2.56 bits per heavy atom. The third kappa shape index (κ3) is 2.24. The number of aliphatic hydroxyl groups is 1. The summed E-state index contributed by atoms with van der Waals surface area (Å²) in [5.74, 6) is -0.801. The van der Waals surface area contributed by atoms with Crippen LogP contribution in [0.15, 0.2) is 18.2 Å². The van der Waals surface area contributed by atoms with Crippen molar-refractivity contribution >= 4 is 0 Å². The smallest absolute Gasteiger partial charge is 0.132 e. The van der Waals surface area contributed by atoms with E-state index in [0.717, 1.165) is 18.9 Å². The monoisotopic (exact) mass is 226 g/mol. The predicted molar refractivity (Wildman–Crippen MR) is 57.9 cm³/mol. The van der Waals surface area contributed by atoms with Crippen LogP contribution in [0.25, 0.3) is 0 Å². The minimum absolute atomic E-state index is 0.195. The Bertz CT molecular complexity index is 384. The van der Waals surface area contributed by atoms with E-state index >= 15 is 0 Å². The Kier molecular flexibility index (Phi) is 2.98. The second-order valence-corrected chi connectivity index (χ2v) is 4.90. The summed E-state index contributed by atoms with van der Waals surface area (Å²) in [5.41, 5.74) is -0.996. The number of hydrogen-bond acceptors (Lipinski definition) is 1. The normalized spacial score (nSPS) is 20.2. The summed E-state index contributed by atoms with van der Waals surface area (Å²) in [6.07, 6.45) is 3.93. The first-order valence-electron chi connectivity index (χ1n) is 5.67. The lowest BCUT2D eigenvalue weighted by molar-refractivity contribution is 0.0130. The summed E-state index contributed by atoms with van der Waals surface area (Å²) >= 11 is 0. The molecule has 1 fully saturated rings. The van der Waals surface area contributed by atoms with Crippen LogP contribution in [0.1, 0.15) is 38.2 Å². The Hall–Kier alpha value is -0.960. The lowest BCUT2D eigenvalue weighted by atomic mass is 9.75. The summed E-state index contributed by atoms with van der Waals surface area (Å²) < 4.78 is 26.3. The molecule has 0 heterocycles. The van der Waals surface area contributed by atoms with E-state index in [2.05, 4.69) is 0 Å².